The van der Waals surface area contributed by atoms with Gasteiger partial charge in [-0.25, -0.2) is 0 Å². The molecule has 1 amide bonds. The summed E-state index contributed by atoms with van der Waals surface area (Å²) in [7, 11) is 0. The number of carbonyl (C=O) groups excluding carboxylic acids is 1. The van der Waals surface area contributed by atoms with E-state index >= 15 is 0 Å². The number of amides is 1. The third-order valence-electron chi connectivity index (χ3n) is 3.33. The largest absolute Gasteiger partial charge is 0.404 e. The molecule has 1 saturated heterocycles. The second-order valence-electron chi connectivity index (χ2n) is 4.82. The molecule has 0 aliphatic carbocycles. The Morgan fingerprint density at radius 1 is 1.38 bits per heavy atom. The molecule has 2 unspecified atom stereocenters. The summed E-state index contributed by atoms with van der Waals surface area (Å²) in [6.07, 6.45) is -5.59. The van der Waals surface area contributed by atoms with Gasteiger partial charge in [0.05, 0.1) is 17.8 Å². The quantitative estimate of drug-likeness (QED) is 0.785. The van der Waals surface area contributed by atoms with E-state index in [0.717, 1.165) is 0 Å². The lowest BCUT2D eigenvalue weighted by molar-refractivity contribution is -0.196. The van der Waals surface area contributed by atoms with Gasteiger partial charge in [-0.1, -0.05) is 0 Å². The molecule has 1 aliphatic rings. The van der Waals surface area contributed by atoms with Crippen molar-refractivity contribution < 1.29 is 18.0 Å². The minimum atomic E-state index is -4.42. The van der Waals surface area contributed by atoms with Crippen molar-refractivity contribution in [2.75, 3.05) is 5.32 Å². The van der Waals surface area contributed by atoms with Gasteiger partial charge < -0.3 is 11.1 Å². The Hall–Kier alpha value is -2.11. The summed E-state index contributed by atoms with van der Waals surface area (Å²) in [6, 6.07) is 6.20. The Morgan fingerprint density at radius 3 is 2.48 bits per heavy atom. The molecule has 1 aromatic carbocycles. The van der Waals surface area contributed by atoms with Crippen molar-refractivity contribution in [2.24, 2.45) is 11.7 Å². The highest BCUT2D eigenvalue weighted by molar-refractivity contribution is 5.91. The maximum Gasteiger partial charge on any atom is 0.404 e. The Morgan fingerprint density at radius 2 is 2.00 bits per heavy atom. The van der Waals surface area contributed by atoms with Crippen LogP contribution in [0, 0.1) is 17.2 Å². The van der Waals surface area contributed by atoms with Crippen LogP contribution in [-0.4, -0.2) is 24.3 Å². The van der Waals surface area contributed by atoms with Crippen LogP contribution in [0.4, 0.5) is 18.9 Å². The second-order valence-corrected chi connectivity index (χ2v) is 4.82. The van der Waals surface area contributed by atoms with Crippen molar-refractivity contribution in [3.63, 3.8) is 0 Å². The SMILES string of the molecule is N#Cc1ccc(NC(=O)C[C@@H]2C(N)NC2C(F)(F)F)cc1. The van der Waals surface area contributed by atoms with Crippen molar-refractivity contribution >= 4 is 11.6 Å². The predicted octanol–water partition coefficient (Wildman–Crippen LogP) is 1.32. The maximum atomic E-state index is 12.6. The fourth-order valence-corrected chi connectivity index (χ4v) is 2.18. The summed E-state index contributed by atoms with van der Waals surface area (Å²) in [5.74, 6) is -1.53. The molecule has 0 aromatic heterocycles. The monoisotopic (exact) mass is 298 g/mol. The molecule has 1 aromatic rings. The van der Waals surface area contributed by atoms with E-state index in [0.29, 0.717) is 11.3 Å². The zero-order valence-corrected chi connectivity index (χ0v) is 10.8. The van der Waals surface area contributed by atoms with E-state index in [2.05, 4.69) is 10.6 Å². The van der Waals surface area contributed by atoms with E-state index in [-0.39, 0.29) is 6.42 Å². The first-order valence-electron chi connectivity index (χ1n) is 6.19. The number of nitrogens with one attached hydrogen (secondary N) is 2. The van der Waals surface area contributed by atoms with E-state index in [1.165, 1.54) is 24.3 Å². The predicted molar refractivity (Wildman–Crippen MR) is 68.8 cm³/mol. The number of halogens is 3. The van der Waals surface area contributed by atoms with E-state index in [1.807, 2.05) is 6.07 Å². The molecular weight excluding hydrogens is 285 g/mol. The number of hydrogen-bond donors (Lipinski definition) is 3. The van der Waals surface area contributed by atoms with E-state index in [1.54, 1.807) is 0 Å². The lowest BCUT2D eigenvalue weighted by Gasteiger charge is -2.44. The summed E-state index contributed by atoms with van der Waals surface area (Å²) in [5.41, 5.74) is 6.31. The zero-order chi connectivity index (χ0) is 15.6. The van der Waals surface area contributed by atoms with E-state index < -0.39 is 30.2 Å². The molecule has 1 aliphatic heterocycles. The highest BCUT2D eigenvalue weighted by Crippen LogP contribution is 2.34. The summed E-state index contributed by atoms with van der Waals surface area (Å²) in [4.78, 5) is 11.8. The third kappa shape index (κ3) is 3.51. The Bertz CT molecular complexity index is 564. The first kappa shape index (κ1) is 15.3. The summed E-state index contributed by atoms with van der Waals surface area (Å²) in [5, 5.41) is 13.3. The van der Waals surface area contributed by atoms with Gasteiger partial charge in [-0.05, 0) is 24.3 Å². The summed E-state index contributed by atoms with van der Waals surface area (Å²) >= 11 is 0. The van der Waals surface area contributed by atoms with Gasteiger partial charge in [0.2, 0.25) is 5.91 Å². The van der Waals surface area contributed by atoms with Crippen LogP contribution >= 0.6 is 0 Å². The number of anilines is 1. The van der Waals surface area contributed by atoms with Gasteiger partial charge >= 0.3 is 6.18 Å². The average molecular weight is 298 g/mol. The van der Waals surface area contributed by atoms with Gasteiger partial charge in [0.1, 0.15) is 6.04 Å². The van der Waals surface area contributed by atoms with Crippen LogP contribution in [0.1, 0.15) is 12.0 Å². The molecule has 0 radical (unpaired) electrons. The Kier molecular flexibility index (Phi) is 4.16. The van der Waals surface area contributed by atoms with Gasteiger partial charge in [0, 0.05) is 18.0 Å². The molecule has 8 heteroatoms. The number of carbonyl (C=O) groups is 1. The first-order chi connectivity index (χ1) is 9.81. The minimum Gasteiger partial charge on any atom is -0.326 e. The highest BCUT2D eigenvalue weighted by Gasteiger charge is 2.54. The van der Waals surface area contributed by atoms with Crippen LogP contribution in [0.25, 0.3) is 0 Å². The Balaban J connectivity index is 1.93. The van der Waals surface area contributed by atoms with Crippen LogP contribution in [-0.2, 0) is 4.79 Å². The molecule has 1 fully saturated rings. The van der Waals surface area contributed by atoms with Gasteiger partial charge in [0.15, 0.2) is 0 Å². The number of nitriles is 1. The number of hydrogen-bond acceptors (Lipinski definition) is 4. The van der Waals surface area contributed by atoms with E-state index in [9.17, 15) is 18.0 Å². The number of nitrogens with zero attached hydrogens (tertiary/aromatic N) is 1. The lowest BCUT2D eigenvalue weighted by atomic mass is 9.84. The fraction of sp³-hybridized carbons (Fsp3) is 0.385. The topological polar surface area (TPSA) is 90.9 Å². The molecule has 2 rings (SSSR count). The maximum absolute atomic E-state index is 12.6. The third-order valence-corrected chi connectivity index (χ3v) is 3.33. The van der Waals surface area contributed by atoms with Crippen LogP contribution in [0.3, 0.4) is 0 Å². The van der Waals surface area contributed by atoms with Crippen LogP contribution < -0.4 is 16.4 Å². The summed E-state index contributed by atoms with van der Waals surface area (Å²) < 4.78 is 37.8. The van der Waals surface area contributed by atoms with Crippen molar-refractivity contribution in [3.05, 3.63) is 29.8 Å². The van der Waals surface area contributed by atoms with Gasteiger partial charge in [-0.2, -0.15) is 18.4 Å². The second kappa shape index (κ2) is 5.71. The molecule has 4 N–H and O–H groups in total. The molecule has 3 atom stereocenters. The van der Waals surface area contributed by atoms with Crippen molar-refractivity contribution in [1.82, 2.24) is 5.32 Å². The minimum absolute atomic E-state index is 0.321. The Labute approximate surface area is 118 Å². The molecule has 0 saturated carbocycles. The number of benzene rings is 1. The van der Waals surface area contributed by atoms with Crippen LogP contribution in [0.5, 0.6) is 0 Å². The first-order valence-corrected chi connectivity index (χ1v) is 6.19. The fourth-order valence-electron chi connectivity index (χ4n) is 2.18. The highest BCUT2D eigenvalue weighted by atomic mass is 19.4. The zero-order valence-electron chi connectivity index (χ0n) is 10.8. The number of nitrogens with two attached hydrogens (primary N) is 1. The molecule has 0 bridgehead atoms. The van der Waals surface area contributed by atoms with Crippen molar-refractivity contribution in [1.29, 1.82) is 5.26 Å². The summed E-state index contributed by atoms with van der Waals surface area (Å²) in [6.45, 7) is 0. The van der Waals surface area contributed by atoms with Crippen molar-refractivity contribution in [3.8, 4) is 6.07 Å². The molecule has 112 valence electrons. The molecule has 5 nitrogen and oxygen atoms in total. The van der Waals surface area contributed by atoms with Gasteiger partial charge in [-0.3, -0.25) is 10.1 Å². The van der Waals surface area contributed by atoms with Crippen LogP contribution in [0.15, 0.2) is 24.3 Å². The van der Waals surface area contributed by atoms with Gasteiger partial charge in [-0.15, -0.1) is 0 Å². The van der Waals surface area contributed by atoms with Crippen molar-refractivity contribution in [2.45, 2.75) is 24.8 Å². The van der Waals surface area contributed by atoms with Crippen LogP contribution in [0.2, 0.25) is 0 Å². The average Bonchev–Trinajstić information content (AvgIpc) is 2.42. The van der Waals surface area contributed by atoms with E-state index in [4.69, 9.17) is 11.0 Å². The number of rotatable bonds is 3. The molecule has 1 heterocycles. The molecular formula is C13H13F3N4O. The van der Waals surface area contributed by atoms with Gasteiger partial charge in [0.25, 0.3) is 0 Å². The smallest absolute Gasteiger partial charge is 0.326 e. The standard InChI is InChI=1S/C13H13F3N4O/c14-13(15,16)11-9(12(18)20-11)5-10(21)19-8-3-1-7(6-17)2-4-8/h1-4,9,11-12,20H,5,18H2,(H,19,21)/t9-,11?,12?/m0/s1. The molecule has 0 spiro atoms. The number of alkyl halides is 3. The molecule has 21 heavy (non-hydrogen) atoms. The normalized spacial score (nSPS) is 24.8. The lowest BCUT2D eigenvalue weighted by Crippen LogP contribution is -2.71.